The molecule has 2 aromatic carbocycles. The standard InChI is InChI=1S/C23H23BrN4O2S/c1-13(2)12-31-23-25-21-20(26-27-23)18-10-14(3)8-9-19(18)28(15(4)29)22(30-21)16-6-5-7-17(24)11-16/h5-11,13,22H,12H2,1-4H3. The first-order chi connectivity index (χ1) is 14.8. The highest BCUT2D eigenvalue weighted by Gasteiger charge is 2.34. The lowest BCUT2D eigenvalue weighted by molar-refractivity contribution is -0.118. The maximum absolute atomic E-state index is 12.8. The molecule has 0 N–H and O–H groups in total. The molecule has 0 spiro atoms. The molecule has 0 aliphatic carbocycles. The van der Waals surface area contributed by atoms with E-state index < -0.39 is 6.23 Å². The summed E-state index contributed by atoms with van der Waals surface area (Å²) in [6.07, 6.45) is -0.683. The van der Waals surface area contributed by atoms with E-state index in [1.54, 1.807) is 16.7 Å². The molecule has 1 aromatic heterocycles. The van der Waals surface area contributed by atoms with E-state index in [9.17, 15) is 4.79 Å². The summed E-state index contributed by atoms with van der Waals surface area (Å²) < 4.78 is 7.30. The van der Waals surface area contributed by atoms with E-state index >= 15 is 0 Å². The van der Waals surface area contributed by atoms with Crippen LogP contribution >= 0.6 is 27.7 Å². The Hall–Kier alpha value is -2.45. The van der Waals surface area contributed by atoms with Crippen LogP contribution in [0.3, 0.4) is 0 Å². The van der Waals surface area contributed by atoms with Crippen molar-refractivity contribution in [1.29, 1.82) is 0 Å². The summed E-state index contributed by atoms with van der Waals surface area (Å²) in [5.41, 5.74) is 3.92. The summed E-state index contributed by atoms with van der Waals surface area (Å²) in [7, 11) is 0. The maximum Gasteiger partial charge on any atom is 0.247 e. The van der Waals surface area contributed by atoms with Crippen molar-refractivity contribution < 1.29 is 9.53 Å². The number of anilines is 1. The van der Waals surface area contributed by atoms with Crippen molar-refractivity contribution in [2.75, 3.05) is 10.7 Å². The number of ether oxygens (including phenoxy) is 1. The molecule has 4 rings (SSSR count). The average molecular weight is 499 g/mol. The Morgan fingerprint density at radius 3 is 2.74 bits per heavy atom. The Labute approximate surface area is 194 Å². The van der Waals surface area contributed by atoms with Crippen molar-refractivity contribution in [3.05, 3.63) is 58.1 Å². The zero-order chi connectivity index (χ0) is 22.1. The van der Waals surface area contributed by atoms with Gasteiger partial charge in [-0.1, -0.05) is 65.3 Å². The van der Waals surface area contributed by atoms with Crippen LogP contribution in [0.1, 0.15) is 38.1 Å². The highest BCUT2D eigenvalue weighted by molar-refractivity contribution is 9.10. The molecule has 160 valence electrons. The molecule has 1 atom stereocenters. The fourth-order valence-electron chi connectivity index (χ4n) is 3.40. The predicted molar refractivity (Wildman–Crippen MR) is 126 cm³/mol. The number of halogens is 1. The number of hydrogen-bond donors (Lipinski definition) is 0. The van der Waals surface area contributed by atoms with Gasteiger partial charge in [-0.25, -0.2) is 0 Å². The topological polar surface area (TPSA) is 68.2 Å². The van der Waals surface area contributed by atoms with Gasteiger partial charge in [0.05, 0.1) is 5.69 Å². The Kier molecular flexibility index (Phi) is 6.29. The minimum atomic E-state index is -0.683. The van der Waals surface area contributed by atoms with E-state index in [0.29, 0.717) is 22.6 Å². The minimum Gasteiger partial charge on any atom is -0.447 e. The lowest BCUT2D eigenvalue weighted by atomic mass is 10.0. The third kappa shape index (κ3) is 4.60. The smallest absolute Gasteiger partial charge is 0.247 e. The van der Waals surface area contributed by atoms with Crippen molar-refractivity contribution in [1.82, 2.24) is 15.2 Å². The summed E-state index contributed by atoms with van der Waals surface area (Å²) in [5, 5.41) is 9.36. The van der Waals surface area contributed by atoms with Crippen LogP contribution in [0.5, 0.6) is 5.88 Å². The molecule has 0 saturated carbocycles. The van der Waals surface area contributed by atoms with Crippen molar-refractivity contribution in [3.63, 3.8) is 0 Å². The van der Waals surface area contributed by atoms with Crippen LogP contribution in [-0.4, -0.2) is 26.8 Å². The molecule has 0 saturated heterocycles. The molecule has 1 aliphatic heterocycles. The van der Waals surface area contributed by atoms with Gasteiger partial charge in [0.15, 0.2) is 5.69 Å². The molecular formula is C23H23BrN4O2S. The van der Waals surface area contributed by atoms with Crippen LogP contribution < -0.4 is 9.64 Å². The number of thioether (sulfide) groups is 1. The second kappa shape index (κ2) is 8.96. The number of amides is 1. The molecular weight excluding hydrogens is 476 g/mol. The normalized spacial score (nSPS) is 15.2. The predicted octanol–water partition coefficient (Wildman–Crippen LogP) is 5.80. The second-order valence-electron chi connectivity index (χ2n) is 7.89. The molecule has 1 aliphatic rings. The second-order valence-corrected chi connectivity index (χ2v) is 9.79. The monoisotopic (exact) mass is 498 g/mol. The van der Waals surface area contributed by atoms with Crippen molar-refractivity contribution in [2.24, 2.45) is 5.92 Å². The van der Waals surface area contributed by atoms with Gasteiger partial charge in [-0.05, 0) is 37.1 Å². The molecule has 1 amide bonds. The molecule has 0 bridgehead atoms. The molecule has 1 unspecified atom stereocenters. The molecule has 31 heavy (non-hydrogen) atoms. The lowest BCUT2D eigenvalue weighted by Crippen LogP contribution is -2.36. The Balaban J connectivity index is 1.91. The Bertz CT molecular complexity index is 1140. The van der Waals surface area contributed by atoms with Gasteiger partial charge in [0, 0.05) is 28.3 Å². The Morgan fingerprint density at radius 2 is 2.03 bits per heavy atom. The van der Waals surface area contributed by atoms with Gasteiger partial charge in [0.1, 0.15) is 0 Å². The number of aryl methyl sites for hydroxylation is 1. The number of fused-ring (bicyclic) bond motifs is 3. The summed E-state index contributed by atoms with van der Waals surface area (Å²) in [6, 6.07) is 13.6. The zero-order valence-corrected chi connectivity index (χ0v) is 20.2. The molecule has 0 radical (unpaired) electrons. The van der Waals surface area contributed by atoms with E-state index in [1.807, 2.05) is 49.4 Å². The quantitative estimate of drug-likeness (QED) is 0.423. The van der Waals surface area contributed by atoms with Crippen molar-refractivity contribution in [3.8, 4) is 17.1 Å². The highest BCUT2D eigenvalue weighted by Crippen LogP contribution is 2.44. The van der Waals surface area contributed by atoms with E-state index in [2.05, 4.69) is 45.0 Å². The average Bonchev–Trinajstić information content (AvgIpc) is 2.86. The number of hydrogen-bond acceptors (Lipinski definition) is 6. The summed E-state index contributed by atoms with van der Waals surface area (Å²) in [6.45, 7) is 7.83. The molecule has 8 heteroatoms. The largest absolute Gasteiger partial charge is 0.447 e. The number of carbonyl (C=O) groups is 1. The van der Waals surface area contributed by atoms with Crippen LogP contribution in [0.25, 0.3) is 11.3 Å². The van der Waals surface area contributed by atoms with Crippen molar-refractivity contribution >= 4 is 39.3 Å². The molecule has 2 heterocycles. The van der Waals surface area contributed by atoms with E-state index in [4.69, 9.17) is 4.74 Å². The third-order valence-electron chi connectivity index (χ3n) is 4.78. The van der Waals surface area contributed by atoms with Crippen LogP contribution in [0.4, 0.5) is 5.69 Å². The molecule has 6 nitrogen and oxygen atoms in total. The summed E-state index contributed by atoms with van der Waals surface area (Å²) >= 11 is 5.07. The highest BCUT2D eigenvalue weighted by atomic mass is 79.9. The number of aromatic nitrogens is 3. The van der Waals surface area contributed by atoms with Crippen LogP contribution in [-0.2, 0) is 4.79 Å². The minimum absolute atomic E-state index is 0.134. The van der Waals surface area contributed by atoms with Gasteiger partial charge in [-0.3, -0.25) is 9.69 Å². The third-order valence-corrected chi connectivity index (χ3v) is 6.54. The fourth-order valence-corrected chi connectivity index (χ4v) is 4.54. The summed E-state index contributed by atoms with van der Waals surface area (Å²) in [5.74, 6) is 1.62. The van der Waals surface area contributed by atoms with E-state index in [-0.39, 0.29) is 5.91 Å². The van der Waals surface area contributed by atoms with Crippen LogP contribution in [0.2, 0.25) is 0 Å². The zero-order valence-electron chi connectivity index (χ0n) is 17.8. The van der Waals surface area contributed by atoms with Crippen molar-refractivity contribution in [2.45, 2.75) is 39.1 Å². The fraction of sp³-hybridized carbons (Fsp3) is 0.304. The molecule has 3 aromatic rings. The van der Waals surface area contributed by atoms with Crippen LogP contribution in [0, 0.1) is 12.8 Å². The Morgan fingerprint density at radius 1 is 1.23 bits per heavy atom. The van der Waals surface area contributed by atoms with E-state index in [0.717, 1.165) is 32.6 Å². The van der Waals surface area contributed by atoms with E-state index in [1.165, 1.54) is 6.92 Å². The van der Waals surface area contributed by atoms with Gasteiger partial charge in [-0.2, -0.15) is 4.98 Å². The first-order valence-corrected chi connectivity index (χ1v) is 11.8. The van der Waals surface area contributed by atoms with Gasteiger partial charge < -0.3 is 4.74 Å². The number of carbonyl (C=O) groups excluding carboxylic acids is 1. The van der Waals surface area contributed by atoms with Gasteiger partial charge in [0.25, 0.3) is 0 Å². The summed E-state index contributed by atoms with van der Waals surface area (Å²) in [4.78, 5) is 19.2. The lowest BCUT2D eigenvalue weighted by Gasteiger charge is -2.30. The maximum atomic E-state index is 12.8. The van der Waals surface area contributed by atoms with Gasteiger partial charge >= 0.3 is 0 Å². The first-order valence-electron chi connectivity index (χ1n) is 10.0. The first kappa shape index (κ1) is 21.8. The number of nitrogens with zero attached hydrogens (tertiary/aromatic N) is 4. The van der Waals surface area contributed by atoms with Crippen LogP contribution in [0.15, 0.2) is 52.1 Å². The SMILES string of the molecule is CC(=O)N1c2ccc(C)cc2-c2nnc(SCC(C)C)nc2OC1c1cccc(Br)c1. The van der Waals surface area contributed by atoms with Gasteiger partial charge in [0.2, 0.25) is 23.2 Å². The van der Waals surface area contributed by atoms with Gasteiger partial charge in [-0.15, -0.1) is 10.2 Å². The number of benzene rings is 2. The number of rotatable bonds is 4. The molecule has 0 fully saturated rings.